The highest BCUT2D eigenvalue weighted by Crippen LogP contribution is 2.10. The molecule has 4 nitrogen and oxygen atoms in total. The molecular weight excluding hydrogens is 286 g/mol. The Morgan fingerprint density at radius 2 is 1.00 bits per heavy atom. The zero-order valence-electron chi connectivity index (χ0n) is 14.0. The molecule has 0 aliphatic carbocycles. The number of nitrogens with zero attached hydrogens (tertiary/aromatic N) is 1. The molecule has 0 unspecified atom stereocenters. The van der Waals surface area contributed by atoms with Gasteiger partial charge in [-0.2, -0.15) is 12.7 Å². The maximum atomic E-state index is 11.3. The van der Waals surface area contributed by atoms with Crippen LogP contribution in [0.15, 0.2) is 0 Å². The lowest BCUT2D eigenvalue weighted by atomic mass is 10.1. The smallest absolute Gasteiger partial charge is 0.273 e. The molecule has 0 spiro atoms. The van der Waals surface area contributed by atoms with Gasteiger partial charge in [0.15, 0.2) is 0 Å². The zero-order chi connectivity index (χ0) is 16.0. The van der Waals surface area contributed by atoms with Crippen molar-refractivity contribution in [3.63, 3.8) is 0 Å². The Morgan fingerprint density at radius 3 is 1.33 bits per heavy atom. The first-order chi connectivity index (χ1) is 10.0. The lowest BCUT2D eigenvalue weighted by Gasteiger charge is -2.18. The van der Waals surface area contributed by atoms with Crippen LogP contribution < -0.4 is 0 Å². The minimum atomic E-state index is -4.03. The van der Waals surface area contributed by atoms with Crippen LogP contribution in [-0.2, 0) is 10.3 Å². The summed E-state index contributed by atoms with van der Waals surface area (Å²) < 4.78 is 33.2. The summed E-state index contributed by atoms with van der Waals surface area (Å²) in [5.74, 6) is 0. The van der Waals surface area contributed by atoms with Gasteiger partial charge in [-0.05, 0) is 12.8 Å². The van der Waals surface area contributed by atoms with Crippen LogP contribution in [0.25, 0.3) is 0 Å². The number of rotatable bonds is 15. The fourth-order valence-corrected chi connectivity index (χ4v) is 3.20. The van der Waals surface area contributed by atoms with Gasteiger partial charge in [-0.3, -0.25) is 4.55 Å². The highest BCUT2D eigenvalue weighted by Gasteiger charge is 2.17. The van der Waals surface area contributed by atoms with Crippen LogP contribution in [0.1, 0.15) is 90.9 Å². The average molecular weight is 322 g/mol. The first-order valence-corrected chi connectivity index (χ1v) is 10.1. The predicted molar refractivity (Wildman–Crippen MR) is 89.9 cm³/mol. The van der Waals surface area contributed by atoms with E-state index in [-0.39, 0.29) is 0 Å². The third-order valence-corrected chi connectivity index (χ3v) is 4.87. The van der Waals surface area contributed by atoms with Crippen molar-refractivity contribution in [1.82, 2.24) is 4.31 Å². The maximum Gasteiger partial charge on any atom is 0.335 e. The summed E-state index contributed by atoms with van der Waals surface area (Å²) in [6, 6.07) is 0. The van der Waals surface area contributed by atoms with Crippen molar-refractivity contribution >= 4 is 10.3 Å². The van der Waals surface area contributed by atoms with E-state index in [0.717, 1.165) is 38.5 Å². The quantitative estimate of drug-likeness (QED) is 0.348. The van der Waals surface area contributed by atoms with Crippen molar-refractivity contribution < 1.29 is 13.0 Å². The van der Waals surface area contributed by atoms with Crippen LogP contribution in [0.5, 0.6) is 0 Å². The Hall–Kier alpha value is -0.130. The van der Waals surface area contributed by atoms with E-state index in [1.807, 2.05) is 0 Å². The Kier molecular flexibility index (Phi) is 13.4. The van der Waals surface area contributed by atoms with Gasteiger partial charge in [0.25, 0.3) is 0 Å². The van der Waals surface area contributed by atoms with Crippen LogP contribution in [0, 0.1) is 0 Å². The fourth-order valence-electron chi connectivity index (χ4n) is 2.48. The second-order valence-corrected chi connectivity index (χ2v) is 7.32. The molecule has 0 saturated heterocycles. The van der Waals surface area contributed by atoms with Crippen molar-refractivity contribution in [2.45, 2.75) is 90.9 Å². The molecule has 0 saturated carbocycles. The topological polar surface area (TPSA) is 57.6 Å². The van der Waals surface area contributed by atoms with Gasteiger partial charge in [-0.25, -0.2) is 0 Å². The van der Waals surface area contributed by atoms with Crippen molar-refractivity contribution in [3.05, 3.63) is 0 Å². The molecular formula is C16H35NO3S. The molecule has 0 radical (unpaired) electrons. The summed E-state index contributed by atoms with van der Waals surface area (Å²) in [5.41, 5.74) is 0. The van der Waals surface area contributed by atoms with Crippen molar-refractivity contribution in [2.24, 2.45) is 0 Å². The summed E-state index contributed by atoms with van der Waals surface area (Å²) in [6.07, 6.45) is 13.5. The standard InChI is InChI=1S/C16H35NO3S/c1-3-5-7-9-11-13-15-17(21(18,19)20)16-14-12-10-8-6-4-2/h3-16H2,1-2H3,(H,18,19,20). The summed E-state index contributed by atoms with van der Waals surface area (Å²) in [6.45, 7) is 5.28. The fraction of sp³-hybridized carbons (Fsp3) is 1.00. The van der Waals surface area contributed by atoms with E-state index in [2.05, 4.69) is 13.8 Å². The Labute approximate surface area is 132 Å². The molecule has 128 valence electrons. The normalized spacial score (nSPS) is 12.2. The summed E-state index contributed by atoms with van der Waals surface area (Å²) >= 11 is 0. The van der Waals surface area contributed by atoms with E-state index >= 15 is 0 Å². The van der Waals surface area contributed by atoms with Gasteiger partial charge in [0.2, 0.25) is 0 Å². The van der Waals surface area contributed by atoms with Crippen LogP contribution in [0.4, 0.5) is 0 Å². The van der Waals surface area contributed by atoms with Gasteiger partial charge in [0, 0.05) is 13.1 Å². The molecule has 0 aromatic carbocycles. The van der Waals surface area contributed by atoms with Crippen LogP contribution in [-0.4, -0.2) is 30.4 Å². The molecule has 0 atom stereocenters. The van der Waals surface area contributed by atoms with Crippen molar-refractivity contribution in [1.29, 1.82) is 0 Å². The minimum absolute atomic E-state index is 0.458. The third kappa shape index (κ3) is 13.3. The van der Waals surface area contributed by atoms with Crippen molar-refractivity contribution in [2.75, 3.05) is 13.1 Å². The number of hydrogen-bond donors (Lipinski definition) is 1. The second-order valence-electron chi connectivity index (χ2n) is 5.91. The molecule has 0 aliphatic heterocycles. The molecule has 0 aromatic rings. The molecule has 5 heteroatoms. The summed E-state index contributed by atoms with van der Waals surface area (Å²) in [5, 5.41) is 0. The monoisotopic (exact) mass is 321 g/mol. The minimum Gasteiger partial charge on any atom is -0.273 e. The first-order valence-electron chi connectivity index (χ1n) is 8.75. The molecule has 0 bridgehead atoms. The average Bonchev–Trinajstić information content (AvgIpc) is 2.42. The molecule has 1 N–H and O–H groups in total. The van der Waals surface area contributed by atoms with Crippen molar-refractivity contribution in [3.8, 4) is 0 Å². The largest absolute Gasteiger partial charge is 0.335 e. The highest BCUT2D eigenvalue weighted by molar-refractivity contribution is 7.83. The number of hydrogen-bond acceptors (Lipinski definition) is 2. The predicted octanol–water partition coefficient (Wildman–Crippen LogP) is 4.81. The Morgan fingerprint density at radius 1 is 0.667 bits per heavy atom. The lowest BCUT2D eigenvalue weighted by Crippen LogP contribution is -2.32. The molecule has 0 rings (SSSR count). The van der Waals surface area contributed by atoms with E-state index in [4.69, 9.17) is 0 Å². The van der Waals surface area contributed by atoms with Crippen LogP contribution in [0.3, 0.4) is 0 Å². The van der Waals surface area contributed by atoms with Gasteiger partial charge in [-0.15, -0.1) is 0 Å². The lowest BCUT2D eigenvalue weighted by molar-refractivity contribution is 0.336. The Balaban J connectivity index is 3.79. The molecule has 0 amide bonds. The third-order valence-electron chi connectivity index (χ3n) is 3.85. The van der Waals surface area contributed by atoms with Gasteiger partial charge in [0.05, 0.1) is 0 Å². The SMILES string of the molecule is CCCCCCCCN(CCCCCCCC)S(=O)(=O)O. The van der Waals surface area contributed by atoms with E-state index < -0.39 is 10.3 Å². The summed E-state index contributed by atoms with van der Waals surface area (Å²) in [7, 11) is -4.03. The number of unbranched alkanes of at least 4 members (excludes halogenated alkanes) is 10. The van der Waals surface area contributed by atoms with E-state index in [9.17, 15) is 13.0 Å². The summed E-state index contributed by atoms with van der Waals surface area (Å²) in [4.78, 5) is 0. The molecule has 0 aliphatic rings. The molecule has 0 heterocycles. The van der Waals surface area contributed by atoms with E-state index in [0.29, 0.717) is 13.1 Å². The second kappa shape index (κ2) is 13.5. The van der Waals surface area contributed by atoms with E-state index in [1.54, 1.807) is 0 Å². The Bertz CT molecular complexity index is 301. The van der Waals surface area contributed by atoms with E-state index in [1.165, 1.54) is 42.8 Å². The van der Waals surface area contributed by atoms with Crippen LogP contribution in [0.2, 0.25) is 0 Å². The maximum absolute atomic E-state index is 11.3. The molecule has 21 heavy (non-hydrogen) atoms. The van der Waals surface area contributed by atoms with Gasteiger partial charge >= 0.3 is 10.3 Å². The zero-order valence-corrected chi connectivity index (χ0v) is 14.8. The molecule has 0 aromatic heterocycles. The highest BCUT2D eigenvalue weighted by atomic mass is 32.2. The van der Waals surface area contributed by atoms with Gasteiger partial charge in [0.1, 0.15) is 0 Å². The van der Waals surface area contributed by atoms with Gasteiger partial charge < -0.3 is 0 Å². The van der Waals surface area contributed by atoms with Gasteiger partial charge in [-0.1, -0.05) is 78.1 Å². The van der Waals surface area contributed by atoms with Crippen LogP contribution >= 0.6 is 0 Å². The first kappa shape index (κ1) is 20.9. The molecule has 0 fully saturated rings.